The lowest BCUT2D eigenvalue weighted by Gasteiger charge is -2.34. The maximum atomic E-state index is 12.7. The van der Waals surface area contributed by atoms with Gasteiger partial charge in [0.1, 0.15) is 0 Å². The minimum Gasteiger partial charge on any atom is -0.341 e. The first-order chi connectivity index (χ1) is 8.90. The number of rotatable bonds is 2. The molecule has 110 valence electrons. The fraction of sp³-hybridized carbons (Fsp3) is 0.933. The van der Waals surface area contributed by atoms with E-state index in [0.717, 1.165) is 32.4 Å². The Hall–Kier alpha value is -0.610. The molecule has 1 aliphatic heterocycles. The fourth-order valence-corrected chi connectivity index (χ4v) is 3.84. The van der Waals surface area contributed by atoms with Crippen molar-refractivity contribution in [2.45, 2.75) is 45.2 Å². The molecule has 0 aromatic carbocycles. The Morgan fingerprint density at radius 2 is 1.84 bits per heavy atom. The third-order valence-corrected chi connectivity index (χ3v) is 5.07. The van der Waals surface area contributed by atoms with Crippen LogP contribution < -0.4 is 5.73 Å². The van der Waals surface area contributed by atoms with Crippen molar-refractivity contribution in [3.8, 4) is 0 Å². The Morgan fingerprint density at radius 3 is 2.37 bits per heavy atom. The molecule has 19 heavy (non-hydrogen) atoms. The molecule has 1 amide bonds. The monoisotopic (exact) mass is 267 g/mol. The topological polar surface area (TPSA) is 49.6 Å². The van der Waals surface area contributed by atoms with Gasteiger partial charge in [0.15, 0.2) is 0 Å². The molecule has 0 spiro atoms. The van der Waals surface area contributed by atoms with Gasteiger partial charge in [0.2, 0.25) is 5.91 Å². The van der Waals surface area contributed by atoms with Crippen molar-refractivity contribution in [3.63, 3.8) is 0 Å². The summed E-state index contributed by atoms with van der Waals surface area (Å²) in [7, 11) is 4.22. The minimum absolute atomic E-state index is 0.202. The highest BCUT2D eigenvalue weighted by molar-refractivity contribution is 5.79. The van der Waals surface area contributed by atoms with E-state index in [1.54, 1.807) is 0 Å². The normalized spacial score (nSPS) is 39.9. The van der Waals surface area contributed by atoms with Crippen LogP contribution in [0.4, 0.5) is 0 Å². The van der Waals surface area contributed by atoms with Crippen LogP contribution in [0.2, 0.25) is 0 Å². The van der Waals surface area contributed by atoms with Gasteiger partial charge in [-0.15, -0.1) is 0 Å². The van der Waals surface area contributed by atoms with E-state index in [1.165, 1.54) is 0 Å². The van der Waals surface area contributed by atoms with Crippen LogP contribution >= 0.6 is 0 Å². The molecule has 0 bridgehead atoms. The van der Waals surface area contributed by atoms with Gasteiger partial charge in [-0.25, -0.2) is 0 Å². The van der Waals surface area contributed by atoms with E-state index in [2.05, 4.69) is 37.7 Å². The van der Waals surface area contributed by atoms with E-state index in [4.69, 9.17) is 5.73 Å². The van der Waals surface area contributed by atoms with Crippen molar-refractivity contribution in [2.24, 2.45) is 23.5 Å². The number of nitrogens with zero attached hydrogens (tertiary/aromatic N) is 2. The Kier molecular flexibility index (Phi) is 4.51. The van der Waals surface area contributed by atoms with Crippen LogP contribution in [0.3, 0.4) is 0 Å². The average Bonchev–Trinajstić information content (AvgIpc) is 2.70. The number of likely N-dealkylation sites (N-methyl/N-ethyl adjacent to an activating group) is 1. The fourth-order valence-electron chi connectivity index (χ4n) is 3.84. The molecule has 1 heterocycles. The summed E-state index contributed by atoms with van der Waals surface area (Å²) in [4.78, 5) is 17.0. The number of carbonyl (C=O) groups is 1. The second-order valence-electron chi connectivity index (χ2n) is 6.91. The van der Waals surface area contributed by atoms with Gasteiger partial charge in [-0.1, -0.05) is 13.8 Å². The lowest BCUT2D eigenvalue weighted by atomic mass is 9.77. The highest BCUT2D eigenvalue weighted by Gasteiger charge is 2.39. The summed E-state index contributed by atoms with van der Waals surface area (Å²) in [5.41, 5.74) is 5.99. The first kappa shape index (κ1) is 14.8. The Bertz CT molecular complexity index is 331. The van der Waals surface area contributed by atoms with Gasteiger partial charge in [0, 0.05) is 31.1 Å². The van der Waals surface area contributed by atoms with Crippen LogP contribution in [-0.4, -0.2) is 55.0 Å². The summed E-state index contributed by atoms with van der Waals surface area (Å²) < 4.78 is 0. The third kappa shape index (κ3) is 3.11. The molecule has 0 radical (unpaired) electrons. The number of hydrogen-bond donors (Lipinski definition) is 1. The molecular weight excluding hydrogens is 238 g/mol. The van der Waals surface area contributed by atoms with Crippen molar-refractivity contribution in [1.82, 2.24) is 9.80 Å². The largest absolute Gasteiger partial charge is 0.341 e. The standard InChI is InChI=1S/C15H29N3O/c1-10-7-12(16)5-6-13(10)15(19)18-8-11(2)14(9-18)17(3)4/h10-14H,5-9,16H2,1-4H3. The SMILES string of the molecule is CC1CC(N)CCC1C(=O)N1CC(C)C(N(C)C)C1. The van der Waals surface area contributed by atoms with Crippen LogP contribution in [0.25, 0.3) is 0 Å². The zero-order valence-corrected chi connectivity index (χ0v) is 12.8. The van der Waals surface area contributed by atoms with Gasteiger partial charge in [0.25, 0.3) is 0 Å². The molecule has 2 rings (SSSR count). The van der Waals surface area contributed by atoms with Gasteiger partial charge in [-0.3, -0.25) is 4.79 Å². The van der Waals surface area contributed by atoms with Crippen LogP contribution in [0.1, 0.15) is 33.1 Å². The minimum atomic E-state index is 0.202. The highest BCUT2D eigenvalue weighted by atomic mass is 16.2. The molecule has 4 heteroatoms. The molecule has 2 aliphatic rings. The Morgan fingerprint density at radius 1 is 1.16 bits per heavy atom. The summed E-state index contributed by atoms with van der Waals surface area (Å²) in [5.74, 6) is 1.58. The van der Waals surface area contributed by atoms with Crippen LogP contribution in [0.15, 0.2) is 0 Å². The number of likely N-dealkylation sites (tertiary alicyclic amines) is 1. The summed E-state index contributed by atoms with van der Waals surface area (Å²) in [6, 6.07) is 0.802. The van der Waals surface area contributed by atoms with Crippen molar-refractivity contribution in [1.29, 1.82) is 0 Å². The van der Waals surface area contributed by atoms with Gasteiger partial charge in [-0.2, -0.15) is 0 Å². The first-order valence-corrected chi connectivity index (χ1v) is 7.61. The van der Waals surface area contributed by atoms with Crippen molar-refractivity contribution < 1.29 is 4.79 Å². The van der Waals surface area contributed by atoms with Crippen molar-refractivity contribution in [3.05, 3.63) is 0 Å². The molecule has 4 nitrogen and oxygen atoms in total. The first-order valence-electron chi connectivity index (χ1n) is 7.61. The molecule has 0 aromatic rings. The van der Waals surface area contributed by atoms with Gasteiger partial charge in [0.05, 0.1) is 0 Å². The highest BCUT2D eigenvalue weighted by Crippen LogP contribution is 2.32. The Labute approximate surface area is 117 Å². The molecule has 2 fully saturated rings. The third-order valence-electron chi connectivity index (χ3n) is 5.07. The van der Waals surface area contributed by atoms with E-state index in [1.807, 2.05) is 0 Å². The lowest BCUT2D eigenvalue weighted by Crippen LogP contribution is -2.43. The molecule has 0 aromatic heterocycles. The molecule has 1 saturated carbocycles. The maximum absolute atomic E-state index is 12.7. The zero-order valence-electron chi connectivity index (χ0n) is 12.8. The number of nitrogens with two attached hydrogens (primary N) is 1. The van der Waals surface area contributed by atoms with E-state index in [0.29, 0.717) is 29.8 Å². The average molecular weight is 267 g/mol. The Balaban J connectivity index is 1.97. The smallest absolute Gasteiger partial charge is 0.226 e. The van der Waals surface area contributed by atoms with Crippen LogP contribution in [0.5, 0.6) is 0 Å². The van der Waals surface area contributed by atoms with E-state index in [9.17, 15) is 4.79 Å². The quantitative estimate of drug-likeness (QED) is 0.817. The van der Waals surface area contributed by atoms with Gasteiger partial charge >= 0.3 is 0 Å². The number of hydrogen-bond acceptors (Lipinski definition) is 3. The number of carbonyl (C=O) groups excluding carboxylic acids is 1. The van der Waals surface area contributed by atoms with E-state index >= 15 is 0 Å². The predicted octanol–water partition coefficient (Wildman–Crippen LogP) is 1.16. The second kappa shape index (κ2) is 5.80. The van der Waals surface area contributed by atoms with Crippen LogP contribution in [-0.2, 0) is 4.79 Å². The zero-order chi connectivity index (χ0) is 14.2. The molecule has 1 aliphatic carbocycles. The van der Waals surface area contributed by atoms with E-state index < -0.39 is 0 Å². The summed E-state index contributed by atoms with van der Waals surface area (Å²) in [6.07, 6.45) is 2.97. The molecule has 1 saturated heterocycles. The van der Waals surface area contributed by atoms with Crippen LogP contribution in [0, 0.1) is 17.8 Å². The predicted molar refractivity (Wildman–Crippen MR) is 77.7 cm³/mol. The molecular formula is C15H29N3O. The molecule has 5 atom stereocenters. The summed E-state index contributed by atoms with van der Waals surface area (Å²) in [6.45, 7) is 6.24. The number of amides is 1. The van der Waals surface area contributed by atoms with Crippen molar-refractivity contribution in [2.75, 3.05) is 27.2 Å². The molecule has 5 unspecified atom stereocenters. The maximum Gasteiger partial charge on any atom is 0.226 e. The second-order valence-corrected chi connectivity index (χ2v) is 6.91. The van der Waals surface area contributed by atoms with Gasteiger partial charge < -0.3 is 15.5 Å². The van der Waals surface area contributed by atoms with Gasteiger partial charge in [-0.05, 0) is 45.2 Å². The lowest BCUT2D eigenvalue weighted by molar-refractivity contribution is -0.137. The van der Waals surface area contributed by atoms with Crippen molar-refractivity contribution >= 4 is 5.91 Å². The summed E-state index contributed by atoms with van der Waals surface area (Å²) >= 11 is 0. The summed E-state index contributed by atoms with van der Waals surface area (Å²) in [5, 5.41) is 0. The van der Waals surface area contributed by atoms with E-state index in [-0.39, 0.29) is 5.92 Å². The molecule has 2 N–H and O–H groups in total.